The smallest absolute Gasteiger partial charge is 0.135 e. The summed E-state index contributed by atoms with van der Waals surface area (Å²) in [5, 5.41) is 0. The molecule has 0 saturated heterocycles. The third-order valence-electron chi connectivity index (χ3n) is 4.22. The van der Waals surface area contributed by atoms with Crippen LogP contribution in [0.4, 0.5) is 5.82 Å². The maximum Gasteiger partial charge on any atom is 0.135 e. The summed E-state index contributed by atoms with van der Waals surface area (Å²) in [4.78, 5) is 11.5. The lowest BCUT2D eigenvalue weighted by Crippen LogP contribution is -2.42. The Morgan fingerprint density at radius 3 is 2.72 bits per heavy atom. The number of halogens is 1. The van der Waals surface area contributed by atoms with Crippen molar-refractivity contribution in [2.24, 2.45) is 0 Å². The summed E-state index contributed by atoms with van der Waals surface area (Å²) in [7, 11) is 0. The molecule has 1 aromatic heterocycles. The van der Waals surface area contributed by atoms with Crippen molar-refractivity contribution in [3.05, 3.63) is 17.6 Å². The van der Waals surface area contributed by atoms with Gasteiger partial charge < -0.3 is 4.90 Å². The Bertz CT molecular complexity index is 418. The monoisotopic (exact) mass is 265 g/mol. The zero-order chi connectivity index (χ0) is 12.4. The van der Waals surface area contributed by atoms with Crippen molar-refractivity contribution in [2.45, 2.75) is 51.0 Å². The highest BCUT2D eigenvalue weighted by atomic mass is 35.5. The summed E-state index contributed by atoms with van der Waals surface area (Å²) in [5.41, 5.74) is 2.66. The summed E-state index contributed by atoms with van der Waals surface area (Å²) < 4.78 is 0. The van der Waals surface area contributed by atoms with Gasteiger partial charge in [-0.2, -0.15) is 0 Å². The van der Waals surface area contributed by atoms with E-state index in [-0.39, 0.29) is 0 Å². The van der Waals surface area contributed by atoms with Crippen LogP contribution in [0.15, 0.2) is 6.33 Å². The fourth-order valence-corrected chi connectivity index (χ4v) is 3.18. The van der Waals surface area contributed by atoms with Crippen molar-refractivity contribution in [2.75, 3.05) is 17.3 Å². The first-order chi connectivity index (χ1) is 8.90. The zero-order valence-corrected chi connectivity index (χ0v) is 11.5. The van der Waals surface area contributed by atoms with Gasteiger partial charge in [0.1, 0.15) is 12.1 Å². The second kappa shape index (κ2) is 5.43. The highest BCUT2D eigenvalue weighted by molar-refractivity contribution is 6.18. The predicted molar refractivity (Wildman–Crippen MR) is 74.4 cm³/mol. The third kappa shape index (κ3) is 2.20. The minimum atomic E-state index is 0.657. The molecule has 98 valence electrons. The maximum absolute atomic E-state index is 5.97. The molecule has 2 aliphatic carbocycles. The van der Waals surface area contributed by atoms with E-state index in [0.29, 0.717) is 11.9 Å². The quantitative estimate of drug-likeness (QED) is 0.784. The lowest BCUT2D eigenvalue weighted by Gasteiger charge is -2.39. The highest BCUT2D eigenvalue weighted by Gasteiger charge is 2.28. The van der Waals surface area contributed by atoms with E-state index < -0.39 is 0 Å². The second-order valence-corrected chi connectivity index (χ2v) is 5.67. The highest BCUT2D eigenvalue weighted by Crippen LogP contribution is 2.33. The van der Waals surface area contributed by atoms with Crippen molar-refractivity contribution in [3.63, 3.8) is 0 Å². The van der Waals surface area contributed by atoms with Crippen molar-refractivity contribution in [3.8, 4) is 0 Å². The van der Waals surface area contributed by atoms with Crippen LogP contribution in [0.2, 0.25) is 0 Å². The Morgan fingerprint density at radius 1 is 1.17 bits per heavy atom. The average molecular weight is 266 g/mol. The molecule has 0 radical (unpaired) electrons. The predicted octanol–water partition coefficient (Wildman–Crippen LogP) is 2.95. The normalized spacial score (nSPS) is 19.2. The lowest BCUT2D eigenvalue weighted by molar-refractivity contribution is 0.387. The molecule has 0 atom stereocenters. The fourth-order valence-electron chi connectivity index (χ4n) is 3.00. The molecule has 1 heterocycles. The molecule has 0 aromatic carbocycles. The van der Waals surface area contributed by atoms with Crippen LogP contribution in [-0.2, 0) is 12.8 Å². The molecule has 0 spiro atoms. The van der Waals surface area contributed by atoms with Crippen LogP contribution in [0.5, 0.6) is 0 Å². The Balaban J connectivity index is 1.92. The topological polar surface area (TPSA) is 29.0 Å². The minimum absolute atomic E-state index is 0.657. The van der Waals surface area contributed by atoms with Gasteiger partial charge in [-0.3, -0.25) is 0 Å². The Labute approximate surface area is 114 Å². The van der Waals surface area contributed by atoms with E-state index in [4.69, 9.17) is 11.6 Å². The van der Waals surface area contributed by atoms with Crippen molar-refractivity contribution in [1.82, 2.24) is 9.97 Å². The maximum atomic E-state index is 5.97. The molecule has 3 nitrogen and oxygen atoms in total. The molecular weight excluding hydrogens is 246 g/mol. The molecule has 0 aliphatic heterocycles. The van der Waals surface area contributed by atoms with Crippen LogP contribution < -0.4 is 4.90 Å². The molecule has 1 fully saturated rings. The van der Waals surface area contributed by atoms with Crippen LogP contribution in [0.25, 0.3) is 0 Å². The van der Waals surface area contributed by atoms with E-state index in [1.807, 2.05) is 0 Å². The van der Waals surface area contributed by atoms with Gasteiger partial charge in [0, 0.05) is 29.7 Å². The Morgan fingerprint density at radius 2 is 2.00 bits per heavy atom. The molecule has 0 unspecified atom stereocenters. The van der Waals surface area contributed by atoms with Crippen LogP contribution in [0, 0.1) is 0 Å². The third-order valence-corrected chi connectivity index (χ3v) is 4.38. The molecule has 1 saturated carbocycles. The molecule has 4 heteroatoms. The van der Waals surface area contributed by atoms with Crippen LogP contribution in [0.3, 0.4) is 0 Å². The minimum Gasteiger partial charge on any atom is -0.352 e. The van der Waals surface area contributed by atoms with Crippen molar-refractivity contribution >= 4 is 17.4 Å². The number of rotatable bonds is 4. The van der Waals surface area contributed by atoms with Crippen LogP contribution in [-0.4, -0.2) is 28.4 Å². The first kappa shape index (κ1) is 12.2. The Kier molecular flexibility index (Phi) is 3.69. The van der Waals surface area contributed by atoms with Crippen molar-refractivity contribution < 1.29 is 0 Å². The number of hydrogen-bond donors (Lipinski definition) is 0. The number of aryl methyl sites for hydroxylation is 1. The number of aromatic nitrogens is 2. The molecule has 2 aliphatic rings. The molecule has 0 amide bonds. The van der Waals surface area contributed by atoms with Gasteiger partial charge in [0.05, 0.1) is 0 Å². The van der Waals surface area contributed by atoms with Gasteiger partial charge in [-0.15, -0.1) is 11.6 Å². The summed E-state index contributed by atoms with van der Waals surface area (Å²) in [6.45, 7) is 0.912. The van der Waals surface area contributed by atoms with Gasteiger partial charge in [-0.1, -0.05) is 0 Å². The first-order valence-electron chi connectivity index (χ1n) is 7.05. The largest absolute Gasteiger partial charge is 0.352 e. The van der Waals surface area contributed by atoms with E-state index in [1.165, 1.54) is 49.2 Å². The Hall–Kier alpha value is -0.830. The van der Waals surface area contributed by atoms with Gasteiger partial charge >= 0.3 is 0 Å². The number of alkyl halides is 1. The number of hydrogen-bond acceptors (Lipinski definition) is 3. The molecule has 18 heavy (non-hydrogen) atoms. The molecular formula is C14H20ClN3. The lowest BCUT2D eigenvalue weighted by atomic mass is 9.90. The van der Waals surface area contributed by atoms with E-state index >= 15 is 0 Å². The molecule has 0 bridgehead atoms. The number of fused-ring (bicyclic) bond motifs is 1. The first-order valence-corrected chi connectivity index (χ1v) is 7.59. The summed E-state index contributed by atoms with van der Waals surface area (Å²) in [6, 6.07) is 0.657. The van der Waals surface area contributed by atoms with Gasteiger partial charge in [-0.05, 0) is 44.9 Å². The van der Waals surface area contributed by atoms with Gasteiger partial charge in [0.2, 0.25) is 0 Å². The van der Waals surface area contributed by atoms with Crippen LogP contribution >= 0.6 is 11.6 Å². The van der Waals surface area contributed by atoms with E-state index in [1.54, 1.807) is 6.33 Å². The molecule has 0 N–H and O–H groups in total. The van der Waals surface area contributed by atoms with Crippen molar-refractivity contribution in [1.29, 1.82) is 0 Å². The van der Waals surface area contributed by atoms with E-state index in [0.717, 1.165) is 19.4 Å². The molecule has 3 rings (SSSR count). The summed E-state index contributed by atoms with van der Waals surface area (Å²) >= 11 is 5.97. The van der Waals surface area contributed by atoms with E-state index in [9.17, 15) is 0 Å². The average Bonchev–Trinajstić information content (AvgIpc) is 2.35. The van der Waals surface area contributed by atoms with Gasteiger partial charge in [-0.25, -0.2) is 9.97 Å². The fraction of sp³-hybridized carbons (Fsp3) is 0.714. The van der Waals surface area contributed by atoms with Crippen LogP contribution in [0.1, 0.15) is 43.4 Å². The zero-order valence-electron chi connectivity index (χ0n) is 10.7. The summed E-state index contributed by atoms with van der Waals surface area (Å²) in [5.74, 6) is 1.85. The second-order valence-electron chi connectivity index (χ2n) is 5.30. The van der Waals surface area contributed by atoms with Gasteiger partial charge in [0.25, 0.3) is 0 Å². The number of anilines is 1. The molecule has 1 aromatic rings. The summed E-state index contributed by atoms with van der Waals surface area (Å²) in [6.07, 6.45) is 10.4. The van der Waals surface area contributed by atoms with E-state index in [2.05, 4.69) is 14.9 Å². The number of nitrogens with zero attached hydrogens (tertiary/aromatic N) is 3. The standard InChI is InChI=1S/C14H20ClN3/c15-8-9-18(11-4-3-5-11)14-12-6-1-2-7-13(12)16-10-17-14/h10-11H,1-9H2. The van der Waals surface area contributed by atoms with Gasteiger partial charge in [0.15, 0.2) is 0 Å². The SMILES string of the molecule is ClCCN(c1ncnc2c1CCCC2)C1CCC1.